The van der Waals surface area contributed by atoms with E-state index < -0.39 is 15.6 Å². The number of halogens is 1. The zero-order valence-corrected chi connectivity index (χ0v) is 11.9. The third-order valence-corrected chi connectivity index (χ3v) is 6.25. The average Bonchev–Trinajstić information content (AvgIpc) is 2.40. The molecule has 18 heavy (non-hydrogen) atoms. The van der Waals surface area contributed by atoms with E-state index >= 15 is 0 Å². The maximum Gasteiger partial charge on any atom is 0.215 e. The van der Waals surface area contributed by atoms with Gasteiger partial charge < -0.3 is 9.47 Å². The molecule has 0 bridgehead atoms. The molecule has 0 saturated carbocycles. The van der Waals surface area contributed by atoms with Gasteiger partial charge in [0.15, 0.2) is 0 Å². The Bertz CT molecular complexity index is 361. The largest absolute Gasteiger partial charge is 0.381 e. The number of nitrogens with one attached hydrogen (secondary N) is 1. The second-order valence-electron chi connectivity index (χ2n) is 4.99. The topological polar surface area (TPSA) is 64.6 Å². The molecule has 0 aliphatic carbocycles. The van der Waals surface area contributed by atoms with E-state index in [1.807, 2.05) is 0 Å². The van der Waals surface area contributed by atoms with Gasteiger partial charge in [-0.1, -0.05) is 0 Å². The minimum Gasteiger partial charge on any atom is -0.381 e. The molecule has 106 valence electrons. The molecule has 7 heteroatoms. The molecule has 0 spiro atoms. The van der Waals surface area contributed by atoms with Gasteiger partial charge in [0.05, 0.1) is 10.8 Å². The highest BCUT2D eigenvalue weighted by Crippen LogP contribution is 2.25. The van der Waals surface area contributed by atoms with Gasteiger partial charge in [0.25, 0.3) is 0 Å². The van der Waals surface area contributed by atoms with E-state index in [1.165, 1.54) is 0 Å². The van der Waals surface area contributed by atoms with Gasteiger partial charge >= 0.3 is 0 Å². The Morgan fingerprint density at radius 2 is 1.67 bits per heavy atom. The number of hydrogen-bond acceptors (Lipinski definition) is 4. The van der Waals surface area contributed by atoms with E-state index in [0.29, 0.717) is 58.0 Å². The summed E-state index contributed by atoms with van der Waals surface area (Å²) in [4.78, 5) is 0. The van der Waals surface area contributed by atoms with Crippen LogP contribution in [0.4, 0.5) is 0 Å². The summed E-state index contributed by atoms with van der Waals surface area (Å²) in [6.07, 6.45) is 2.40. The number of rotatable bonds is 4. The van der Waals surface area contributed by atoms with Gasteiger partial charge in [0, 0.05) is 32.3 Å². The maximum absolute atomic E-state index is 12.4. The fraction of sp³-hybridized carbons (Fsp3) is 1.00. The van der Waals surface area contributed by atoms with Crippen molar-refractivity contribution in [3.63, 3.8) is 0 Å². The Labute approximate surface area is 113 Å². The first-order chi connectivity index (χ1) is 8.58. The third-order valence-electron chi connectivity index (χ3n) is 3.67. The van der Waals surface area contributed by atoms with Crippen molar-refractivity contribution in [3.8, 4) is 0 Å². The quantitative estimate of drug-likeness (QED) is 0.782. The van der Waals surface area contributed by atoms with Crippen molar-refractivity contribution in [2.24, 2.45) is 0 Å². The van der Waals surface area contributed by atoms with Crippen LogP contribution in [0.2, 0.25) is 0 Å². The second kappa shape index (κ2) is 6.05. The zero-order valence-electron chi connectivity index (χ0n) is 10.4. The first kappa shape index (κ1) is 14.5. The van der Waals surface area contributed by atoms with Crippen molar-refractivity contribution >= 4 is 21.6 Å². The highest BCUT2D eigenvalue weighted by atomic mass is 35.5. The Balaban J connectivity index is 2.05. The van der Waals surface area contributed by atoms with Gasteiger partial charge in [-0.05, 0) is 25.7 Å². The summed E-state index contributed by atoms with van der Waals surface area (Å²) in [7, 11) is -3.32. The Kier molecular flexibility index (Phi) is 4.88. The number of ether oxygens (including phenoxy) is 2. The lowest BCUT2D eigenvalue weighted by molar-refractivity contribution is 0.0543. The van der Waals surface area contributed by atoms with E-state index in [1.54, 1.807) is 0 Å². The number of hydrogen-bond donors (Lipinski definition) is 1. The van der Waals surface area contributed by atoms with Crippen LogP contribution in [0.25, 0.3) is 0 Å². The SMILES string of the molecule is O=S(=O)(NC1(CCl)CCOCC1)C1CCOCC1. The molecule has 2 fully saturated rings. The van der Waals surface area contributed by atoms with E-state index in [0.717, 1.165) is 0 Å². The molecule has 0 unspecified atom stereocenters. The number of alkyl halides is 1. The molecule has 5 nitrogen and oxygen atoms in total. The van der Waals surface area contributed by atoms with Crippen LogP contribution in [-0.2, 0) is 19.5 Å². The first-order valence-electron chi connectivity index (χ1n) is 6.32. The van der Waals surface area contributed by atoms with Crippen molar-refractivity contribution in [1.82, 2.24) is 4.72 Å². The van der Waals surface area contributed by atoms with Crippen molar-refractivity contribution in [1.29, 1.82) is 0 Å². The predicted octanol–water partition coefficient (Wildman–Crippen LogP) is 0.873. The third kappa shape index (κ3) is 3.36. The zero-order chi connectivity index (χ0) is 13.1. The van der Waals surface area contributed by atoms with Crippen molar-refractivity contribution in [2.45, 2.75) is 36.5 Å². The van der Waals surface area contributed by atoms with Crippen LogP contribution in [0.15, 0.2) is 0 Å². The first-order valence-corrected chi connectivity index (χ1v) is 8.40. The molecule has 2 saturated heterocycles. The van der Waals surface area contributed by atoms with E-state index in [9.17, 15) is 8.42 Å². The molecule has 0 aromatic carbocycles. The minimum atomic E-state index is -3.32. The Morgan fingerprint density at radius 3 is 2.22 bits per heavy atom. The lowest BCUT2D eigenvalue weighted by Crippen LogP contribution is -2.56. The Hall–Kier alpha value is 0.120. The molecule has 0 radical (unpaired) electrons. The van der Waals surface area contributed by atoms with Crippen LogP contribution >= 0.6 is 11.6 Å². The lowest BCUT2D eigenvalue weighted by atomic mass is 9.94. The molecule has 0 amide bonds. The Morgan fingerprint density at radius 1 is 1.11 bits per heavy atom. The average molecular weight is 298 g/mol. The standard InChI is InChI=1S/C11H20ClNO4S/c12-9-11(3-7-17-8-4-11)13-18(14,15)10-1-5-16-6-2-10/h10,13H,1-9H2. The smallest absolute Gasteiger partial charge is 0.215 e. The van der Waals surface area contributed by atoms with Crippen LogP contribution in [0, 0.1) is 0 Å². The van der Waals surface area contributed by atoms with Crippen LogP contribution in [-0.4, -0.2) is 51.5 Å². The van der Waals surface area contributed by atoms with Crippen molar-refractivity contribution in [2.75, 3.05) is 32.3 Å². The predicted molar refractivity (Wildman–Crippen MR) is 69.4 cm³/mol. The number of sulfonamides is 1. The summed E-state index contributed by atoms with van der Waals surface area (Å²) in [5, 5.41) is -0.353. The lowest BCUT2D eigenvalue weighted by Gasteiger charge is -2.37. The van der Waals surface area contributed by atoms with Gasteiger partial charge in [0.1, 0.15) is 0 Å². The molecule has 0 atom stereocenters. The van der Waals surface area contributed by atoms with E-state index in [4.69, 9.17) is 21.1 Å². The molecule has 2 heterocycles. The van der Waals surface area contributed by atoms with Gasteiger partial charge in [-0.2, -0.15) is 0 Å². The van der Waals surface area contributed by atoms with Crippen LogP contribution in [0.5, 0.6) is 0 Å². The van der Waals surface area contributed by atoms with Crippen molar-refractivity contribution < 1.29 is 17.9 Å². The maximum atomic E-state index is 12.4. The van der Waals surface area contributed by atoms with Crippen LogP contribution in [0.1, 0.15) is 25.7 Å². The highest BCUT2D eigenvalue weighted by molar-refractivity contribution is 7.90. The molecule has 0 aromatic heterocycles. The van der Waals surface area contributed by atoms with Crippen LogP contribution in [0.3, 0.4) is 0 Å². The van der Waals surface area contributed by atoms with E-state index in [-0.39, 0.29) is 5.25 Å². The minimum absolute atomic E-state index is 0.290. The van der Waals surface area contributed by atoms with Gasteiger partial charge in [-0.3, -0.25) is 0 Å². The monoisotopic (exact) mass is 297 g/mol. The van der Waals surface area contributed by atoms with E-state index in [2.05, 4.69) is 4.72 Å². The normalized spacial score (nSPS) is 26.1. The molecule has 1 N–H and O–H groups in total. The van der Waals surface area contributed by atoms with Gasteiger partial charge in [0.2, 0.25) is 10.0 Å². The molecular formula is C11H20ClNO4S. The molecule has 2 aliphatic rings. The summed E-state index contributed by atoms with van der Waals surface area (Å²) in [6, 6.07) is 0. The van der Waals surface area contributed by atoms with Gasteiger partial charge in [-0.15, -0.1) is 11.6 Å². The van der Waals surface area contributed by atoms with Gasteiger partial charge in [-0.25, -0.2) is 13.1 Å². The fourth-order valence-corrected chi connectivity index (χ4v) is 4.67. The second-order valence-corrected chi connectivity index (χ2v) is 7.21. The molecule has 2 aliphatic heterocycles. The summed E-state index contributed by atoms with van der Waals surface area (Å²) >= 11 is 5.97. The summed E-state index contributed by atoms with van der Waals surface area (Å²) in [5.74, 6) is 0.290. The summed E-state index contributed by atoms with van der Waals surface area (Å²) in [5.41, 5.74) is -0.531. The highest BCUT2D eigenvalue weighted by Gasteiger charge is 2.39. The fourth-order valence-electron chi connectivity index (χ4n) is 2.40. The summed E-state index contributed by atoms with van der Waals surface area (Å²) in [6.45, 7) is 2.15. The molecule has 0 aromatic rings. The summed E-state index contributed by atoms with van der Waals surface area (Å²) < 4.78 is 38.0. The van der Waals surface area contributed by atoms with Crippen LogP contribution < -0.4 is 4.72 Å². The molecule has 2 rings (SSSR count). The molecular weight excluding hydrogens is 278 g/mol. The van der Waals surface area contributed by atoms with Crippen molar-refractivity contribution in [3.05, 3.63) is 0 Å².